The van der Waals surface area contributed by atoms with Crippen molar-refractivity contribution in [2.24, 2.45) is 7.05 Å². The van der Waals surface area contributed by atoms with E-state index in [1.54, 1.807) is 19.2 Å². The zero-order valence-electron chi connectivity index (χ0n) is 9.97. The summed E-state index contributed by atoms with van der Waals surface area (Å²) in [6.45, 7) is 1.92. The maximum absolute atomic E-state index is 11.3. The van der Waals surface area contributed by atoms with Gasteiger partial charge in [-0.15, -0.1) is 0 Å². The number of amides is 1. The molecule has 2 rings (SSSR count). The van der Waals surface area contributed by atoms with Crippen molar-refractivity contribution in [1.29, 1.82) is 0 Å². The first-order chi connectivity index (χ1) is 8.04. The highest BCUT2D eigenvalue weighted by molar-refractivity contribution is 6.30. The van der Waals surface area contributed by atoms with E-state index in [4.69, 9.17) is 0 Å². The number of anilines is 1. The number of hydrogen-bond acceptors (Lipinski definition) is 3. The minimum atomic E-state index is -0.572. The lowest BCUT2D eigenvalue weighted by Gasteiger charge is -2.13. The Morgan fingerprint density at radius 3 is 2.82 bits per heavy atom. The molecule has 0 aliphatic carbocycles. The molecule has 1 heterocycles. The minimum Gasteiger partial charge on any atom is -0.331 e. The second kappa shape index (κ2) is 4.01. The Bertz CT molecular complexity index is 601. The van der Waals surface area contributed by atoms with E-state index in [9.17, 15) is 9.59 Å². The van der Waals surface area contributed by atoms with Crippen molar-refractivity contribution in [2.75, 3.05) is 11.9 Å². The fraction of sp³-hybridized carbons (Fsp3) is 0.250. The molecule has 88 valence electrons. The van der Waals surface area contributed by atoms with E-state index in [1.807, 2.05) is 24.6 Å². The van der Waals surface area contributed by atoms with Crippen LogP contribution in [0, 0.1) is 6.92 Å². The lowest BCUT2D eigenvalue weighted by Crippen LogP contribution is -2.26. The van der Waals surface area contributed by atoms with Crippen molar-refractivity contribution >= 4 is 28.9 Å². The molecule has 0 saturated heterocycles. The van der Waals surface area contributed by atoms with Crippen LogP contribution in [0.3, 0.4) is 0 Å². The van der Waals surface area contributed by atoms with E-state index < -0.39 is 5.91 Å². The first-order valence-corrected chi connectivity index (χ1v) is 5.20. The highest BCUT2D eigenvalue weighted by atomic mass is 16.2. The Morgan fingerprint density at radius 2 is 2.18 bits per heavy atom. The van der Waals surface area contributed by atoms with Crippen LogP contribution in [0.1, 0.15) is 5.82 Å². The lowest BCUT2D eigenvalue weighted by atomic mass is 10.2. The summed E-state index contributed by atoms with van der Waals surface area (Å²) in [5, 5.41) is 0. The number of rotatable bonds is 2. The van der Waals surface area contributed by atoms with Crippen LogP contribution < -0.4 is 4.90 Å². The molecule has 0 radical (unpaired) electrons. The van der Waals surface area contributed by atoms with Crippen LogP contribution in [-0.2, 0) is 16.6 Å². The van der Waals surface area contributed by atoms with Gasteiger partial charge in [0.05, 0.1) is 11.0 Å². The van der Waals surface area contributed by atoms with Gasteiger partial charge in [-0.3, -0.25) is 9.59 Å². The molecule has 0 saturated carbocycles. The van der Waals surface area contributed by atoms with Crippen LogP contribution in [0.4, 0.5) is 5.69 Å². The average molecular weight is 231 g/mol. The van der Waals surface area contributed by atoms with E-state index in [1.165, 1.54) is 4.90 Å². The molecule has 5 heteroatoms. The number of aryl methyl sites for hydroxylation is 2. The molecule has 1 amide bonds. The topological polar surface area (TPSA) is 55.2 Å². The van der Waals surface area contributed by atoms with Crippen molar-refractivity contribution in [3.8, 4) is 0 Å². The molecular formula is C12H13N3O2. The predicted octanol–water partition coefficient (Wildman–Crippen LogP) is 1.04. The minimum absolute atomic E-state index is 0.299. The van der Waals surface area contributed by atoms with Crippen LogP contribution in [0.2, 0.25) is 0 Å². The van der Waals surface area contributed by atoms with Gasteiger partial charge in [-0.05, 0) is 25.1 Å². The molecule has 17 heavy (non-hydrogen) atoms. The zero-order valence-corrected chi connectivity index (χ0v) is 9.97. The van der Waals surface area contributed by atoms with E-state index in [-0.39, 0.29) is 0 Å². The summed E-state index contributed by atoms with van der Waals surface area (Å²) in [5.41, 5.74) is 2.47. The van der Waals surface area contributed by atoms with Gasteiger partial charge in [0.15, 0.2) is 0 Å². The number of hydrogen-bond donors (Lipinski definition) is 0. The molecule has 0 aliphatic heterocycles. The predicted molar refractivity (Wildman–Crippen MR) is 64.9 cm³/mol. The number of likely N-dealkylation sites (N-methyl/N-ethyl adjacent to an activating group) is 1. The number of benzene rings is 1. The smallest absolute Gasteiger partial charge is 0.290 e. The third kappa shape index (κ3) is 1.80. The molecule has 1 aromatic carbocycles. The van der Waals surface area contributed by atoms with Gasteiger partial charge in [0.25, 0.3) is 5.91 Å². The molecule has 2 aromatic rings. The molecule has 5 nitrogen and oxygen atoms in total. The Hall–Kier alpha value is -2.17. The van der Waals surface area contributed by atoms with E-state index >= 15 is 0 Å². The Labute approximate surface area is 98.7 Å². The number of fused-ring (bicyclic) bond motifs is 1. The van der Waals surface area contributed by atoms with Crippen molar-refractivity contribution < 1.29 is 9.59 Å². The van der Waals surface area contributed by atoms with Crippen LogP contribution in [0.5, 0.6) is 0 Å². The lowest BCUT2D eigenvalue weighted by molar-refractivity contribution is -0.129. The Morgan fingerprint density at radius 1 is 1.47 bits per heavy atom. The van der Waals surface area contributed by atoms with Crippen LogP contribution in [-0.4, -0.2) is 28.8 Å². The van der Waals surface area contributed by atoms with E-state index in [2.05, 4.69) is 4.98 Å². The quantitative estimate of drug-likeness (QED) is 0.573. The summed E-state index contributed by atoms with van der Waals surface area (Å²) in [7, 11) is 3.50. The summed E-state index contributed by atoms with van der Waals surface area (Å²) in [6.07, 6.45) is 0.299. The van der Waals surface area contributed by atoms with Crippen molar-refractivity contribution in [3.05, 3.63) is 24.0 Å². The normalized spacial score (nSPS) is 10.5. The third-order valence-electron chi connectivity index (χ3n) is 2.91. The fourth-order valence-corrected chi connectivity index (χ4v) is 1.72. The SMILES string of the molecule is Cc1nc2cc(N(C)C(=O)C=O)ccc2n1C. The molecular weight excluding hydrogens is 218 g/mol. The van der Waals surface area contributed by atoms with Gasteiger partial charge in [-0.2, -0.15) is 0 Å². The monoisotopic (exact) mass is 231 g/mol. The van der Waals surface area contributed by atoms with Gasteiger partial charge in [0, 0.05) is 19.8 Å². The number of aldehydes is 1. The van der Waals surface area contributed by atoms with Crippen LogP contribution in [0.15, 0.2) is 18.2 Å². The number of imidazole rings is 1. The maximum atomic E-state index is 11.3. The second-order valence-electron chi connectivity index (χ2n) is 3.91. The van der Waals surface area contributed by atoms with Crippen molar-refractivity contribution in [1.82, 2.24) is 9.55 Å². The second-order valence-corrected chi connectivity index (χ2v) is 3.91. The molecule has 0 N–H and O–H groups in total. The van der Waals surface area contributed by atoms with Gasteiger partial charge in [0.1, 0.15) is 5.82 Å². The van der Waals surface area contributed by atoms with Gasteiger partial charge in [0.2, 0.25) is 6.29 Å². The number of nitrogens with zero attached hydrogens (tertiary/aromatic N) is 3. The number of carbonyl (C=O) groups excluding carboxylic acids is 2. The van der Waals surface area contributed by atoms with E-state index in [0.29, 0.717) is 12.0 Å². The van der Waals surface area contributed by atoms with Gasteiger partial charge in [-0.1, -0.05) is 0 Å². The largest absolute Gasteiger partial charge is 0.331 e. The Balaban J connectivity index is 2.51. The zero-order chi connectivity index (χ0) is 12.6. The number of carbonyl (C=O) groups is 2. The maximum Gasteiger partial charge on any atom is 0.290 e. The third-order valence-corrected chi connectivity index (χ3v) is 2.91. The summed E-state index contributed by atoms with van der Waals surface area (Å²) < 4.78 is 1.97. The summed E-state index contributed by atoms with van der Waals surface area (Å²) >= 11 is 0. The van der Waals surface area contributed by atoms with Crippen molar-refractivity contribution in [3.63, 3.8) is 0 Å². The fourth-order valence-electron chi connectivity index (χ4n) is 1.72. The van der Waals surface area contributed by atoms with Crippen LogP contribution >= 0.6 is 0 Å². The molecule has 0 bridgehead atoms. The highest BCUT2D eigenvalue weighted by Crippen LogP contribution is 2.21. The van der Waals surface area contributed by atoms with Gasteiger partial charge in [-0.25, -0.2) is 4.98 Å². The molecule has 1 aromatic heterocycles. The highest BCUT2D eigenvalue weighted by Gasteiger charge is 2.11. The van der Waals surface area contributed by atoms with Gasteiger partial charge < -0.3 is 9.47 Å². The first kappa shape index (κ1) is 11.3. The average Bonchev–Trinajstić information content (AvgIpc) is 2.62. The van der Waals surface area contributed by atoms with E-state index in [0.717, 1.165) is 16.9 Å². The molecule has 0 unspecified atom stereocenters. The Kier molecular flexibility index (Phi) is 2.67. The molecule has 0 fully saturated rings. The summed E-state index contributed by atoms with van der Waals surface area (Å²) in [6, 6.07) is 5.48. The standard InChI is InChI=1S/C12H13N3O2/c1-8-13-10-6-9(15(3)12(17)7-16)4-5-11(10)14(8)2/h4-7H,1-3H3. The van der Waals surface area contributed by atoms with Gasteiger partial charge >= 0.3 is 0 Å². The summed E-state index contributed by atoms with van der Waals surface area (Å²) in [5.74, 6) is 0.332. The van der Waals surface area contributed by atoms with Crippen LogP contribution in [0.25, 0.3) is 11.0 Å². The first-order valence-electron chi connectivity index (χ1n) is 5.20. The number of aromatic nitrogens is 2. The molecule has 0 atom stereocenters. The molecule has 0 spiro atoms. The summed E-state index contributed by atoms with van der Waals surface area (Å²) in [4.78, 5) is 27.4. The van der Waals surface area contributed by atoms with Crippen molar-refractivity contribution in [2.45, 2.75) is 6.92 Å². The molecule has 0 aliphatic rings.